The molecule has 0 aliphatic rings. The lowest BCUT2D eigenvalue weighted by Crippen LogP contribution is -2.02. The molecule has 20 heavy (non-hydrogen) atoms. The van der Waals surface area contributed by atoms with Gasteiger partial charge >= 0.3 is 5.97 Å². The lowest BCUT2D eigenvalue weighted by molar-refractivity contribution is 0.0689. The Hall–Kier alpha value is -3.02. The van der Waals surface area contributed by atoms with Crippen molar-refractivity contribution in [3.05, 3.63) is 54.4 Å². The van der Waals surface area contributed by atoms with E-state index >= 15 is 0 Å². The van der Waals surface area contributed by atoms with E-state index in [-0.39, 0.29) is 11.6 Å². The minimum atomic E-state index is -1.13. The van der Waals surface area contributed by atoms with Gasteiger partial charge < -0.3 is 9.84 Å². The van der Waals surface area contributed by atoms with Crippen molar-refractivity contribution in [3.63, 3.8) is 0 Å². The predicted octanol–water partition coefficient (Wildman–Crippen LogP) is 2.52. The molecule has 0 saturated heterocycles. The van der Waals surface area contributed by atoms with E-state index in [1.165, 1.54) is 12.1 Å². The molecule has 0 atom stereocenters. The standard InChI is InChI=1S/C14H9N3O3/c18-14(19)11-6-7-13(17-16-11)20-12-5-1-4-10-9(12)3-2-8-15-10/h1-8H,(H,18,19). The van der Waals surface area contributed by atoms with E-state index in [2.05, 4.69) is 15.2 Å². The van der Waals surface area contributed by atoms with Crippen molar-refractivity contribution < 1.29 is 14.6 Å². The number of rotatable bonds is 3. The highest BCUT2D eigenvalue weighted by molar-refractivity contribution is 5.85. The zero-order valence-electron chi connectivity index (χ0n) is 10.2. The smallest absolute Gasteiger partial charge is 0.356 e. The summed E-state index contributed by atoms with van der Waals surface area (Å²) in [4.78, 5) is 14.9. The van der Waals surface area contributed by atoms with Crippen molar-refractivity contribution in [2.75, 3.05) is 0 Å². The van der Waals surface area contributed by atoms with Gasteiger partial charge in [-0.15, -0.1) is 10.2 Å². The van der Waals surface area contributed by atoms with Crippen molar-refractivity contribution in [1.82, 2.24) is 15.2 Å². The number of hydrogen-bond donors (Lipinski definition) is 1. The first kappa shape index (κ1) is 12.0. The monoisotopic (exact) mass is 267 g/mol. The summed E-state index contributed by atoms with van der Waals surface area (Å²) >= 11 is 0. The molecular weight excluding hydrogens is 258 g/mol. The molecule has 0 bridgehead atoms. The van der Waals surface area contributed by atoms with E-state index in [1.54, 1.807) is 12.3 Å². The van der Waals surface area contributed by atoms with Crippen LogP contribution in [-0.2, 0) is 0 Å². The predicted molar refractivity (Wildman–Crippen MR) is 70.8 cm³/mol. The fourth-order valence-corrected chi connectivity index (χ4v) is 1.77. The minimum Gasteiger partial charge on any atom is -0.476 e. The maximum Gasteiger partial charge on any atom is 0.356 e. The molecular formula is C14H9N3O3. The van der Waals surface area contributed by atoms with Crippen LogP contribution < -0.4 is 4.74 Å². The molecule has 1 N–H and O–H groups in total. The van der Waals surface area contributed by atoms with E-state index in [9.17, 15) is 4.79 Å². The summed E-state index contributed by atoms with van der Waals surface area (Å²) in [5.74, 6) is -0.308. The maximum atomic E-state index is 10.7. The number of aromatic carboxylic acids is 1. The van der Waals surface area contributed by atoms with Gasteiger partial charge in [0.25, 0.3) is 0 Å². The van der Waals surface area contributed by atoms with E-state index in [4.69, 9.17) is 9.84 Å². The molecule has 3 rings (SSSR count). The maximum absolute atomic E-state index is 10.7. The molecule has 1 aromatic carbocycles. The number of carboxylic acid groups (broad SMARTS) is 1. The number of hydrogen-bond acceptors (Lipinski definition) is 5. The van der Waals surface area contributed by atoms with Gasteiger partial charge in [-0.05, 0) is 30.3 Å². The molecule has 98 valence electrons. The van der Waals surface area contributed by atoms with Gasteiger partial charge in [0, 0.05) is 17.6 Å². The first-order chi connectivity index (χ1) is 9.74. The van der Waals surface area contributed by atoms with Crippen molar-refractivity contribution in [1.29, 1.82) is 0 Å². The summed E-state index contributed by atoms with van der Waals surface area (Å²) in [6.45, 7) is 0. The Balaban J connectivity index is 1.95. The second-order valence-corrected chi connectivity index (χ2v) is 3.99. The molecule has 6 heteroatoms. The molecule has 0 aliphatic heterocycles. The first-order valence-electron chi connectivity index (χ1n) is 5.83. The van der Waals surface area contributed by atoms with Gasteiger partial charge in [-0.25, -0.2) is 4.79 Å². The fourth-order valence-electron chi connectivity index (χ4n) is 1.77. The van der Waals surface area contributed by atoms with E-state index in [1.807, 2.05) is 24.3 Å². The van der Waals surface area contributed by atoms with Crippen LogP contribution in [0, 0.1) is 0 Å². The van der Waals surface area contributed by atoms with Gasteiger partial charge in [-0.1, -0.05) is 6.07 Å². The third-order valence-corrected chi connectivity index (χ3v) is 2.68. The number of nitrogens with zero attached hydrogens (tertiary/aromatic N) is 3. The van der Waals surface area contributed by atoms with Crippen molar-refractivity contribution >= 4 is 16.9 Å². The topological polar surface area (TPSA) is 85.2 Å². The molecule has 0 unspecified atom stereocenters. The Kier molecular flexibility index (Phi) is 2.96. The Labute approximate surface area is 113 Å². The third-order valence-electron chi connectivity index (χ3n) is 2.68. The fraction of sp³-hybridized carbons (Fsp3) is 0. The molecule has 0 fully saturated rings. The SMILES string of the molecule is O=C(O)c1ccc(Oc2cccc3ncccc23)nn1. The highest BCUT2D eigenvalue weighted by Crippen LogP contribution is 2.27. The largest absolute Gasteiger partial charge is 0.476 e. The summed E-state index contributed by atoms with van der Waals surface area (Å²) in [6.07, 6.45) is 1.70. The number of carbonyl (C=O) groups is 1. The highest BCUT2D eigenvalue weighted by atomic mass is 16.5. The number of pyridine rings is 1. The molecule has 0 radical (unpaired) electrons. The zero-order valence-corrected chi connectivity index (χ0v) is 10.2. The average molecular weight is 267 g/mol. The number of aromatic nitrogens is 3. The third kappa shape index (κ3) is 2.26. The molecule has 3 aromatic rings. The Bertz CT molecular complexity index is 767. The lowest BCUT2D eigenvalue weighted by atomic mass is 10.2. The number of carboxylic acids is 1. The van der Waals surface area contributed by atoms with Crippen molar-refractivity contribution in [2.24, 2.45) is 0 Å². The van der Waals surface area contributed by atoms with Gasteiger partial charge in [-0.2, -0.15) is 0 Å². The Morgan fingerprint density at radius 2 is 1.95 bits per heavy atom. The van der Waals surface area contributed by atoms with Gasteiger partial charge in [0.2, 0.25) is 5.88 Å². The second kappa shape index (κ2) is 4.93. The van der Waals surface area contributed by atoms with E-state index < -0.39 is 5.97 Å². The van der Waals surface area contributed by atoms with Gasteiger partial charge in [0.05, 0.1) is 5.52 Å². The van der Waals surface area contributed by atoms with Crippen LogP contribution in [0.1, 0.15) is 10.5 Å². The second-order valence-electron chi connectivity index (χ2n) is 3.99. The molecule has 0 spiro atoms. The minimum absolute atomic E-state index is 0.128. The first-order valence-corrected chi connectivity index (χ1v) is 5.83. The van der Waals surface area contributed by atoms with E-state index in [0.717, 1.165) is 10.9 Å². The van der Waals surface area contributed by atoms with Crippen molar-refractivity contribution in [3.8, 4) is 11.6 Å². The summed E-state index contributed by atoms with van der Waals surface area (Å²) in [7, 11) is 0. The van der Waals surface area contributed by atoms with Crippen molar-refractivity contribution in [2.45, 2.75) is 0 Å². The summed E-state index contributed by atoms with van der Waals surface area (Å²) < 4.78 is 5.62. The van der Waals surface area contributed by atoms with Crippen LogP contribution >= 0.6 is 0 Å². The highest BCUT2D eigenvalue weighted by Gasteiger charge is 2.08. The van der Waals surface area contributed by atoms with Gasteiger partial charge in [-0.3, -0.25) is 4.98 Å². The number of ether oxygens (including phenoxy) is 1. The summed E-state index contributed by atoms with van der Waals surface area (Å²) in [6, 6.07) is 12.0. The molecule has 2 heterocycles. The van der Waals surface area contributed by atoms with Gasteiger partial charge in [0.15, 0.2) is 5.69 Å². The van der Waals surface area contributed by atoms with Gasteiger partial charge in [0.1, 0.15) is 5.75 Å². The zero-order chi connectivity index (χ0) is 13.9. The normalized spacial score (nSPS) is 10.4. The summed E-state index contributed by atoms with van der Waals surface area (Å²) in [5.41, 5.74) is 0.678. The number of benzene rings is 1. The van der Waals surface area contributed by atoms with Crippen LogP contribution in [0.15, 0.2) is 48.7 Å². The molecule has 0 aliphatic carbocycles. The quantitative estimate of drug-likeness (QED) is 0.784. The van der Waals surface area contributed by atoms with E-state index in [0.29, 0.717) is 5.75 Å². The van der Waals surface area contributed by atoms with Crippen LogP contribution in [0.4, 0.5) is 0 Å². The molecule has 6 nitrogen and oxygen atoms in total. The lowest BCUT2D eigenvalue weighted by Gasteiger charge is -2.06. The molecule has 0 saturated carbocycles. The summed E-state index contributed by atoms with van der Waals surface area (Å²) in [5, 5.41) is 16.9. The van der Waals surface area contributed by atoms with Crippen LogP contribution in [-0.4, -0.2) is 26.3 Å². The van der Waals surface area contributed by atoms with Crippen LogP contribution in [0.25, 0.3) is 10.9 Å². The van der Waals surface area contributed by atoms with Crippen LogP contribution in [0.5, 0.6) is 11.6 Å². The Morgan fingerprint density at radius 3 is 2.70 bits per heavy atom. The van der Waals surface area contributed by atoms with Crippen LogP contribution in [0.2, 0.25) is 0 Å². The molecule has 2 aromatic heterocycles. The Morgan fingerprint density at radius 1 is 1.05 bits per heavy atom. The average Bonchev–Trinajstić information content (AvgIpc) is 2.48. The number of fused-ring (bicyclic) bond motifs is 1. The van der Waals surface area contributed by atoms with Crippen LogP contribution in [0.3, 0.4) is 0 Å². The molecule has 0 amide bonds.